The van der Waals surface area contributed by atoms with Crippen molar-refractivity contribution in [2.45, 2.75) is 319 Å². The van der Waals surface area contributed by atoms with Crippen molar-refractivity contribution in [1.29, 1.82) is 0 Å². The molecule has 78 heavy (non-hydrogen) atoms. The van der Waals surface area contributed by atoms with E-state index in [0.717, 1.165) is 44.9 Å². The Kier molecular flexibility index (Phi) is 45.4. The van der Waals surface area contributed by atoms with E-state index in [1.54, 1.807) is 6.08 Å². The molecule has 0 spiro atoms. The van der Waals surface area contributed by atoms with Crippen molar-refractivity contribution < 1.29 is 64.6 Å². The minimum Gasteiger partial charge on any atom is -0.394 e. The van der Waals surface area contributed by atoms with Crippen LogP contribution in [0.5, 0.6) is 0 Å². The molecule has 2 aliphatic rings. The van der Waals surface area contributed by atoms with Crippen LogP contribution >= 0.6 is 0 Å². The normalized spacial score (nSPS) is 24.9. The lowest BCUT2D eigenvalue weighted by atomic mass is 9.97. The van der Waals surface area contributed by atoms with Gasteiger partial charge >= 0.3 is 0 Å². The van der Waals surface area contributed by atoms with Gasteiger partial charge in [-0.2, -0.15) is 0 Å². The van der Waals surface area contributed by atoms with E-state index in [1.807, 2.05) is 18.2 Å². The highest BCUT2D eigenvalue weighted by Gasteiger charge is 2.51. The first-order valence-electron chi connectivity index (χ1n) is 31.5. The number of ether oxygens (including phenoxy) is 4. The highest BCUT2D eigenvalue weighted by atomic mass is 16.7. The summed E-state index contributed by atoms with van der Waals surface area (Å²) in [6, 6.07) is -0.955. The number of amides is 1. The Morgan fingerprint density at radius 2 is 0.885 bits per heavy atom. The second-order valence-electron chi connectivity index (χ2n) is 22.2. The number of carbonyl (C=O) groups excluding carboxylic acids is 1. The molecule has 12 atom stereocenters. The summed E-state index contributed by atoms with van der Waals surface area (Å²) >= 11 is 0. The third kappa shape index (κ3) is 34.2. The number of aliphatic hydroxyl groups is 8. The van der Waals surface area contributed by atoms with Crippen LogP contribution in [0, 0.1) is 0 Å². The maximum Gasteiger partial charge on any atom is 0.220 e. The van der Waals surface area contributed by atoms with Crippen LogP contribution in [-0.2, 0) is 23.7 Å². The van der Waals surface area contributed by atoms with Gasteiger partial charge < -0.3 is 65.1 Å². The average Bonchev–Trinajstić information content (AvgIpc) is 3.47. The lowest BCUT2D eigenvalue weighted by molar-refractivity contribution is -0.359. The van der Waals surface area contributed by atoms with Crippen LogP contribution in [0.4, 0.5) is 0 Å². The third-order valence-electron chi connectivity index (χ3n) is 15.2. The van der Waals surface area contributed by atoms with Crippen LogP contribution < -0.4 is 5.32 Å². The molecule has 2 aliphatic heterocycles. The molecule has 14 heteroatoms. The van der Waals surface area contributed by atoms with Crippen molar-refractivity contribution >= 4 is 5.91 Å². The summed E-state index contributed by atoms with van der Waals surface area (Å²) in [6.07, 6.45) is 47.4. The van der Waals surface area contributed by atoms with Crippen molar-refractivity contribution in [2.75, 3.05) is 19.8 Å². The molecular formula is C64H115NO13. The molecule has 9 N–H and O–H groups in total. The molecule has 12 unspecified atom stereocenters. The molecule has 1 amide bonds. The van der Waals surface area contributed by atoms with Crippen molar-refractivity contribution in [1.82, 2.24) is 5.32 Å². The van der Waals surface area contributed by atoms with E-state index in [-0.39, 0.29) is 18.9 Å². The molecule has 0 radical (unpaired) electrons. The van der Waals surface area contributed by atoms with Crippen LogP contribution in [0.25, 0.3) is 0 Å². The second kappa shape index (κ2) is 49.3. The van der Waals surface area contributed by atoms with Crippen molar-refractivity contribution in [2.24, 2.45) is 0 Å². The summed E-state index contributed by atoms with van der Waals surface area (Å²) in [5.41, 5.74) is 0. The SMILES string of the molecule is CC/C=C\C/C=C\C/C=C\C/C=C\CCC(=O)NC(COC1OC(CO)C(OC2OC(CO)C(O)C(O)C2O)C(O)C1O)C(O)/C=C/CCCCCCCCCCCCCCCCCCCCCCCCCCCCCCC. The first-order chi connectivity index (χ1) is 38.1. The van der Waals surface area contributed by atoms with Crippen molar-refractivity contribution in [3.8, 4) is 0 Å². The second-order valence-corrected chi connectivity index (χ2v) is 22.2. The predicted molar refractivity (Wildman–Crippen MR) is 314 cm³/mol. The maximum absolute atomic E-state index is 13.2. The molecule has 14 nitrogen and oxygen atoms in total. The predicted octanol–water partition coefficient (Wildman–Crippen LogP) is 11.3. The summed E-state index contributed by atoms with van der Waals surface area (Å²) in [5, 5.41) is 87.0. The Morgan fingerprint density at radius 3 is 1.33 bits per heavy atom. The van der Waals surface area contributed by atoms with Crippen LogP contribution in [-0.4, -0.2) is 140 Å². The standard InChI is InChI=1S/C64H115NO13/c1-3-5-7-9-11-13-15-17-18-19-20-21-22-23-24-25-26-27-28-29-30-31-32-33-34-36-37-39-41-43-45-47-53(68)52(65-56(69)48-46-44-42-40-38-35-16-14-12-10-8-6-4-2)51-75-63-61(74)59(72)62(55(50-67)77-63)78-64-60(73)58(71)57(70)54(49-66)76-64/h6,8,12,14,35,38,42,44-45,47,52-55,57-64,66-68,70-74H,3-5,7,9-11,13,15-34,36-37,39-41,43,46,48-51H2,1-2H3,(H,65,69)/b8-6-,14-12-,38-35-,44-42-,47-45+. The quantitative estimate of drug-likeness (QED) is 0.0204. The molecule has 0 aromatic rings. The minimum atomic E-state index is -1.80. The average molecular weight is 1110 g/mol. The third-order valence-corrected chi connectivity index (χ3v) is 15.2. The van der Waals surface area contributed by atoms with Crippen LogP contribution in [0.3, 0.4) is 0 Å². The van der Waals surface area contributed by atoms with Gasteiger partial charge in [0.2, 0.25) is 5.91 Å². The zero-order chi connectivity index (χ0) is 56.7. The Hall–Kier alpha value is -2.31. The largest absolute Gasteiger partial charge is 0.394 e. The number of rotatable bonds is 50. The molecule has 0 aliphatic carbocycles. The molecule has 0 saturated carbocycles. The fourth-order valence-corrected chi connectivity index (χ4v) is 10.2. The topological polar surface area (TPSA) is 228 Å². The monoisotopic (exact) mass is 1110 g/mol. The Balaban J connectivity index is 1.68. The molecule has 0 aromatic carbocycles. The van der Waals surface area contributed by atoms with E-state index in [4.69, 9.17) is 18.9 Å². The minimum absolute atomic E-state index is 0.158. The smallest absolute Gasteiger partial charge is 0.220 e. The number of hydrogen-bond donors (Lipinski definition) is 9. The number of nitrogens with one attached hydrogen (secondary N) is 1. The molecular weight excluding hydrogens is 991 g/mol. The van der Waals surface area contributed by atoms with Crippen molar-refractivity contribution in [3.63, 3.8) is 0 Å². The Labute approximate surface area is 473 Å². The first-order valence-corrected chi connectivity index (χ1v) is 31.5. The summed E-state index contributed by atoms with van der Waals surface area (Å²) < 4.78 is 22.7. The van der Waals surface area contributed by atoms with E-state index in [2.05, 4.69) is 55.6 Å². The fraction of sp³-hybridized carbons (Fsp3) is 0.828. The number of allylic oxidation sites excluding steroid dienone is 9. The molecule has 0 bridgehead atoms. The van der Waals surface area contributed by atoms with Gasteiger partial charge in [0.25, 0.3) is 0 Å². The van der Waals surface area contributed by atoms with Gasteiger partial charge in [0.05, 0.1) is 32.0 Å². The molecule has 2 saturated heterocycles. The molecule has 454 valence electrons. The van der Waals surface area contributed by atoms with E-state index >= 15 is 0 Å². The Morgan fingerprint density at radius 1 is 0.474 bits per heavy atom. The number of unbranched alkanes of at least 4 members (excludes halogenated alkanes) is 29. The number of carbonyl (C=O) groups is 1. The summed E-state index contributed by atoms with van der Waals surface area (Å²) in [6.45, 7) is 2.64. The van der Waals surface area contributed by atoms with Crippen LogP contribution in [0.1, 0.15) is 245 Å². The molecule has 0 aromatic heterocycles. The van der Waals surface area contributed by atoms with Gasteiger partial charge in [-0.25, -0.2) is 0 Å². The van der Waals surface area contributed by atoms with Gasteiger partial charge in [-0.1, -0.05) is 254 Å². The van der Waals surface area contributed by atoms with Gasteiger partial charge in [0.15, 0.2) is 12.6 Å². The van der Waals surface area contributed by atoms with E-state index in [0.29, 0.717) is 6.42 Å². The van der Waals surface area contributed by atoms with Gasteiger partial charge in [-0.3, -0.25) is 4.79 Å². The van der Waals surface area contributed by atoms with Gasteiger partial charge in [0.1, 0.15) is 48.8 Å². The molecule has 2 rings (SSSR count). The number of hydrogen-bond acceptors (Lipinski definition) is 13. The molecule has 2 fully saturated rings. The summed E-state index contributed by atoms with van der Waals surface area (Å²) in [7, 11) is 0. The lowest BCUT2D eigenvalue weighted by Gasteiger charge is -2.46. The molecule has 2 heterocycles. The Bertz CT molecular complexity index is 1540. The van der Waals surface area contributed by atoms with Crippen molar-refractivity contribution in [3.05, 3.63) is 60.8 Å². The van der Waals surface area contributed by atoms with Gasteiger partial charge in [-0.05, 0) is 44.9 Å². The maximum atomic E-state index is 13.2. The lowest BCUT2D eigenvalue weighted by Crippen LogP contribution is -2.65. The zero-order valence-corrected chi connectivity index (χ0v) is 48.9. The van der Waals surface area contributed by atoms with E-state index in [9.17, 15) is 45.6 Å². The summed E-state index contributed by atoms with van der Waals surface area (Å²) in [4.78, 5) is 13.2. The highest BCUT2D eigenvalue weighted by molar-refractivity contribution is 5.76. The zero-order valence-electron chi connectivity index (χ0n) is 48.9. The first kappa shape index (κ1) is 71.8. The van der Waals surface area contributed by atoms with Crippen LogP contribution in [0.15, 0.2) is 60.8 Å². The van der Waals surface area contributed by atoms with Crippen LogP contribution in [0.2, 0.25) is 0 Å². The highest BCUT2D eigenvalue weighted by Crippen LogP contribution is 2.30. The summed E-state index contributed by atoms with van der Waals surface area (Å²) in [5.74, 6) is -0.319. The van der Waals surface area contributed by atoms with Gasteiger partial charge in [0, 0.05) is 6.42 Å². The number of aliphatic hydroxyl groups excluding tert-OH is 8. The fourth-order valence-electron chi connectivity index (χ4n) is 10.2. The van der Waals surface area contributed by atoms with E-state index < -0.39 is 86.8 Å². The van der Waals surface area contributed by atoms with Gasteiger partial charge in [-0.15, -0.1) is 0 Å². The van der Waals surface area contributed by atoms with E-state index in [1.165, 1.54) is 173 Å².